The van der Waals surface area contributed by atoms with Crippen LogP contribution in [0.2, 0.25) is 0 Å². The molecular weight excluding hydrogens is 242 g/mol. The second-order valence-corrected chi connectivity index (χ2v) is 3.48. The Morgan fingerprint density at radius 3 is 2.54 bits per heavy atom. The molecule has 0 saturated carbocycles. The highest BCUT2D eigenvalue weighted by Gasteiger charge is 2.10. The lowest BCUT2D eigenvalue weighted by Gasteiger charge is -2.05. The predicted molar refractivity (Wildman–Crippen MR) is 49.9 cm³/mol. The minimum Gasteiger partial charge on any atom is -0.396 e. The monoisotopic (exact) mass is 250 g/mol. The summed E-state index contributed by atoms with van der Waals surface area (Å²) in [6.07, 6.45) is -1.97. The summed E-state index contributed by atoms with van der Waals surface area (Å²) in [6.45, 7) is 0.0282. The average molecular weight is 251 g/mol. The molecule has 1 nitrogen and oxygen atoms in total. The van der Waals surface area contributed by atoms with Gasteiger partial charge in [0.05, 0.1) is 0 Å². The summed E-state index contributed by atoms with van der Waals surface area (Å²) in [5.74, 6) is 0. The number of aliphatic hydroxyl groups is 1. The quantitative estimate of drug-likeness (QED) is 0.875. The zero-order chi connectivity index (χ0) is 9.84. The molecule has 72 valence electrons. The third kappa shape index (κ3) is 2.74. The fraction of sp³-hybridized carbons (Fsp3) is 0.333. The summed E-state index contributed by atoms with van der Waals surface area (Å²) in [7, 11) is 0. The molecule has 13 heavy (non-hydrogen) atoms. The standard InChI is InChI=1S/C9H9BrF2O/c10-8-5-6(3-4-13)1-2-7(8)9(11)12/h1-2,5,9,13H,3-4H2. The lowest BCUT2D eigenvalue weighted by atomic mass is 10.1. The molecule has 1 N–H and O–H groups in total. The first-order valence-electron chi connectivity index (χ1n) is 3.82. The van der Waals surface area contributed by atoms with Crippen molar-refractivity contribution in [2.45, 2.75) is 12.8 Å². The van der Waals surface area contributed by atoms with Gasteiger partial charge in [0.15, 0.2) is 0 Å². The number of hydrogen-bond acceptors (Lipinski definition) is 1. The lowest BCUT2D eigenvalue weighted by molar-refractivity contribution is 0.150. The molecule has 0 aliphatic heterocycles. The van der Waals surface area contributed by atoms with Gasteiger partial charge in [-0.15, -0.1) is 0 Å². The van der Waals surface area contributed by atoms with Gasteiger partial charge in [-0.2, -0.15) is 0 Å². The minimum absolute atomic E-state index is 0.0123. The Labute approximate surface area is 83.5 Å². The Balaban J connectivity index is 2.92. The molecule has 0 fully saturated rings. The van der Waals surface area contributed by atoms with Gasteiger partial charge in [0.2, 0.25) is 0 Å². The first-order chi connectivity index (χ1) is 6.15. The minimum atomic E-state index is -2.46. The Hall–Kier alpha value is -0.480. The van der Waals surface area contributed by atoms with Crippen molar-refractivity contribution in [2.75, 3.05) is 6.61 Å². The van der Waals surface area contributed by atoms with Crippen LogP contribution in [0.1, 0.15) is 17.6 Å². The Bertz CT molecular complexity index is 289. The van der Waals surface area contributed by atoms with E-state index in [-0.39, 0.29) is 12.2 Å². The molecule has 0 aliphatic rings. The number of benzene rings is 1. The predicted octanol–water partition coefficient (Wildman–Crippen LogP) is 2.92. The second-order valence-electron chi connectivity index (χ2n) is 2.63. The van der Waals surface area contributed by atoms with Crippen molar-refractivity contribution in [1.29, 1.82) is 0 Å². The van der Waals surface area contributed by atoms with Crippen LogP contribution in [-0.4, -0.2) is 11.7 Å². The van der Waals surface area contributed by atoms with E-state index in [1.165, 1.54) is 6.07 Å². The van der Waals surface area contributed by atoms with E-state index in [0.717, 1.165) is 5.56 Å². The van der Waals surface area contributed by atoms with Crippen molar-refractivity contribution in [3.63, 3.8) is 0 Å². The van der Waals surface area contributed by atoms with Crippen molar-refractivity contribution in [1.82, 2.24) is 0 Å². The van der Waals surface area contributed by atoms with Crippen molar-refractivity contribution in [2.24, 2.45) is 0 Å². The normalized spacial score (nSPS) is 10.8. The first-order valence-corrected chi connectivity index (χ1v) is 4.61. The molecule has 0 bridgehead atoms. The SMILES string of the molecule is OCCc1ccc(C(F)F)c(Br)c1. The van der Waals surface area contributed by atoms with Gasteiger partial charge in [-0.25, -0.2) is 8.78 Å². The molecule has 1 aromatic carbocycles. The molecule has 0 unspecified atom stereocenters. The molecule has 0 spiro atoms. The summed E-state index contributed by atoms with van der Waals surface area (Å²) in [5, 5.41) is 8.63. The van der Waals surface area contributed by atoms with Crippen LogP contribution in [0.4, 0.5) is 8.78 Å². The molecule has 1 aromatic rings. The van der Waals surface area contributed by atoms with Crippen molar-refractivity contribution in [3.8, 4) is 0 Å². The maximum atomic E-state index is 12.3. The Morgan fingerprint density at radius 2 is 2.08 bits per heavy atom. The largest absolute Gasteiger partial charge is 0.396 e. The highest BCUT2D eigenvalue weighted by molar-refractivity contribution is 9.10. The van der Waals surface area contributed by atoms with E-state index in [4.69, 9.17) is 5.11 Å². The van der Waals surface area contributed by atoms with E-state index in [1.807, 2.05) is 0 Å². The zero-order valence-corrected chi connectivity index (χ0v) is 8.39. The topological polar surface area (TPSA) is 20.2 Å². The number of rotatable bonds is 3. The van der Waals surface area contributed by atoms with Crippen LogP contribution in [0.25, 0.3) is 0 Å². The average Bonchev–Trinajstić information content (AvgIpc) is 2.04. The molecule has 0 heterocycles. The zero-order valence-electron chi connectivity index (χ0n) is 6.80. The van der Waals surface area contributed by atoms with Gasteiger partial charge >= 0.3 is 0 Å². The highest BCUT2D eigenvalue weighted by Crippen LogP contribution is 2.27. The van der Waals surface area contributed by atoms with Crippen molar-refractivity contribution in [3.05, 3.63) is 33.8 Å². The van der Waals surface area contributed by atoms with E-state index in [1.54, 1.807) is 12.1 Å². The van der Waals surface area contributed by atoms with Crippen molar-refractivity contribution >= 4 is 15.9 Å². The van der Waals surface area contributed by atoms with Crippen LogP contribution >= 0.6 is 15.9 Å². The summed E-state index contributed by atoms with van der Waals surface area (Å²) in [5.41, 5.74) is 0.834. The first kappa shape index (κ1) is 10.6. The third-order valence-corrected chi connectivity index (χ3v) is 2.39. The highest BCUT2D eigenvalue weighted by atomic mass is 79.9. The van der Waals surface area contributed by atoms with Gasteiger partial charge < -0.3 is 5.11 Å². The third-order valence-electron chi connectivity index (χ3n) is 1.70. The van der Waals surface area contributed by atoms with E-state index < -0.39 is 6.43 Å². The maximum absolute atomic E-state index is 12.3. The van der Waals surface area contributed by atoms with E-state index >= 15 is 0 Å². The number of hydrogen-bond donors (Lipinski definition) is 1. The smallest absolute Gasteiger partial charge is 0.264 e. The fourth-order valence-electron chi connectivity index (χ4n) is 1.03. The second kappa shape index (κ2) is 4.67. The van der Waals surface area contributed by atoms with Crippen LogP contribution in [0, 0.1) is 0 Å². The molecule has 0 amide bonds. The molecule has 1 rings (SSSR count). The summed E-state index contributed by atoms with van der Waals surface area (Å²) in [4.78, 5) is 0. The van der Waals surface area contributed by atoms with E-state index in [9.17, 15) is 8.78 Å². The molecule has 0 saturated heterocycles. The van der Waals surface area contributed by atoms with Crippen LogP contribution in [-0.2, 0) is 6.42 Å². The molecule has 0 aromatic heterocycles. The molecule has 0 aliphatic carbocycles. The molecular formula is C9H9BrF2O. The van der Waals surface area contributed by atoms with Crippen LogP contribution in [0.5, 0.6) is 0 Å². The van der Waals surface area contributed by atoms with Gasteiger partial charge in [0, 0.05) is 16.6 Å². The van der Waals surface area contributed by atoms with E-state index in [2.05, 4.69) is 15.9 Å². The number of halogens is 3. The maximum Gasteiger partial charge on any atom is 0.264 e. The summed E-state index contributed by atoms with van der Waals surface area (Å²) in [6, 6.07) is 4.58. The molecule has 0 atom stereocenters. The lowest BCUT2D eigenvalue weighted by Crippen LogP contribution is -1.93. The number of alkyl halides is 2. The van der Waals surface area contributed by atoms with Gasteiger partial charge in [0.1, 0.15) is 0 Å². The van der Waals surface area contributed by atoms with Gasteiger partial charge in [-0.05, 0) is 18.1 Å². The Kier molecular flexibility index (Phi) is 3.81. The molecule has 4 heteroatoms. The van der Waals surface area contributed by atoms with Crippen LogP contribution in [0.3, 0.4) is 0 Å². The van der Waals surface area contributed by atoms with E-state index in [0.29, 0.717) is 10.9 Å². The Morgan fingerprint density at radius 1 is 1.38 bits per heavy atom. The van der Waals surface area contributed by atoms with Crippen molar-refractivity contribution < 1.29 is 13.9 Å². The van der Waals surface area contributed by atoms with Crippen LogP contribution < -0.4 is 0 Å². The number of aliphatic hydroxyl groups excluding tert-OH is 1. The van der Waals surface area contributed by atoms with Crippen LogP contribution in [0.15, 0.2) is 22.7 Å². The fourth-order valence-corrected chi connectivity index (χ4v) is 1.63. The van der Waals surface area contributed by atoms with Gasteiger partial charge in [0.25, 0.3) is 6.43 Å². The van der Waals surface area contributed by atoms with Gasteiger partial charge in [-0.1, -0.05) is 28.1 Å². The summed E-state index contributed by atoms with van der Waals surface area (Å²) >= 11 is 3.06. The summed E-state index contributed by atoms with van der Waals surface area (Å²) < 4.78 is 24.9. The molecule has 0 radical (unpaired) electrons. The van der Waals surface area contributed by atoms with Gasteiger partial charge in [-0.3, -0.25) is 0 Å².